The first-order valence-corrected chi connectivity index (χ1v) is 4.93. The minimum absolute atomic E-state index is 0.306. The SMILES string of the molecule is COc1cccc(F)c1-c1nccs1. The maximum Gasteiger partial charge on any atom is 0.137 e. The van der Waals surface area contributed by atoms with Crippen LogP contribution in [0, 0.1) is 5.82 Å². The lowest BCUT2D eigenvalue weighted by atomic mass is 10.2. The van der Waals surface area contributed by atoms with Gasteiger partial charge in [0.1, 0.15) is 16.6 Å². The molecule has 72 valence electrons. The molecule has 0 aliphatic rings. The first kappa shape index (κ1) is 9.15. The Morgan fingerprint density at radius 3 is 2.93 bits per heavy atom. The number of ether oxygens (including phenoxy) is 1. The van der Waals surface area contributed by atoms with E-state index in [1.165, 1.54) is 24.5 Å². The van der Waals surface area contributed by atoms with Crippen LogP contribution in [0.1, 0.15) is 0 Å². The molecule has 14 heavy (non-hydrogen) atoms. The van der Waals surface area contributed by atoms with E-state index in [-0.39, 0.29) is 5.82 Å². The predicted octanol–water partition coefficient (Wildman–Crippen LogP) is 2.96. The van der Waals surface area contributed by atoms with Crippen LogP contribution in [0.3, 0.4) is 0 Å². The van der Waals surface area contributed by atoms with Crippen LogP contribution in [0.25, 0.3) is 10.6 Å². The highest BCUT2D eigenvalue weighted by Gasteiger charge is 2.12. The number of benzene rings is 1. The van der Waals surface area contributed by atoms with Gasteiger partial charge in [0.25, 0.3) is 0 Å². The third-order valence-electron chi connectivity index (χ3n) is 1.84. The van der Waals surface area contributed by atoms with Gasteiger partial charge in [-0.2, -0.15) is 0 Å². The smallest absolute Gasteiger partial charge is 0.137 e. The third kappa shape index (κ3) is 1.48. The lowest BCUT2D eigenvalue weighted by molar-refractivity contribution is 0.413. The molecule has 1 aromatic heterocycles. The summed E-state index contributed by atoms with van der Waals surface area (Å²) in [4.78, 5) is 4.05. The molecule has 0 aliphatic heterocycles. The lowest BCUT2D eigenvalue weighted by Crippen LogP contribution is -1.90. The predicted molar refractivity (Wildman–Crippen MR) is 54.1 cm³/mol. The monoisotopic (exact) mass is 209 g/mol. The average Bonchev–Trinajstić information content (AvgIpc) is 2.70. The maximum atomic E-state index is 13.5. The Morgan fingerprint density at radius 1 is 1.43 bits per heavy atom. The fourth-order valence-corrected chi connectivity index (χ4v) is 1.92. The molecule has 0 saturated heterocycles. The van der Waals surface area contributed by atoms with Crippen LogP contribution in [-0.2, 0) is 0 Å². The summed E-state index contributed by atoms with van der Waals surface area (Å²) >= 11 is 1.39. The van der Waals surface area contributed by atoms with Crippen molar-refractivity contribution in [2.45, 2.75) is 0 Å². The first-order valence-electron chi connectivity index (χ1n) is 4.05. The summed E-state index contributed by atoms with van der Waals surface area (Å²) in [6, 6.07) is 4.74. The second-order valence-corrected chi connectivity index (χ2v) is 3.55. The Labute approximate surface area is 85.0 Å². The molecule has 2 rings (SSSR count). The van der Waals surface area contributed by atoms with E-state index in [4.69, 9.17) is 4.74 Å². The van der Waals surface area contributed by atoms with Gasteiger partial charge in [-0.3, -0.25) is 0 Å². The number of hydrogen-bond donors (Lipinski definition) is 0. The van der Waals surface area contributed by atoms with Gasteiger partial charge >= 0.3 is 0 Å². The van der Waals surface area contributed by atoms with Crippen LogP contribution in [-0.4, -0.2) is 12.1 Å². The molecular weight excluding hydrogens is 201 g/mol. The quantitative estimate of drug-likeness (QED) is 0.758. The second-order valence-electron chi connectivity index (χ2n) is 2.65. The van der Waals surface area contributed by atoms with Crippen molar-refractivity contribution >= 4 is 11.3 Å². The van der Waals surface area contributed by atoms with Crippen LogP contribution >= 0.6 is 11.3 Å². The second kappa shape index (κ2) is 3.75. The molecular formula is C10H8FNOS. The van der Waals surface area contributed by atoms with Crippen molar-refractivity contribution in [1.82, 2.24) is 4.98 Å². The fraction of sp³-hybridized carbons (Fsp3) is 0.100. The van der Waals surface area contributed by atoms with Crippen molar-refractivity contribution in [3.8, 4) is 16.3 Å². The van der Waals surface area contributed by atoms with E-state index in [1.807, 2.05) is 0 Å². The summed E-state index contributed by atoms with van der Waals surface area (Å²) in [7, 11) is 1.52. The molecule has 0 amide bonds. The van der Waals surface area contributed by atoms with E-state index in [9.17, 15) is 4.39 Å². The van der Waals surface area contributed by atoms with Gasteiger partial charge in [-0.15, -0.1) is 11.3 Å². The van der Waals surface area contributed by atoms with Crippen LogP contribution < -0.4 is 4.74 Å². The van der Waals surface area contributed by atoms with Crippen LogP contribution in [0.5, 0.6) is 5.75 Å². The number of thiazole rings is 1. The van der Waals surface area contributed by atoms with Gasteiger partial charge in [-0.25, -0.2) is 9.37 Å². The van der Waals surface area contributed by atoms with Crippen molar-refractivity contribution in [3.05, 3.63) is 35.6 Å². The van der Waals surface area contributed by atoms with Crippen molar-refractivity contribution in [1.29, 1.82) is 0 Å². The Morgan fingerprint density at radius 2 is 2.29 bits per heavy atom. The topological polar surface area (TPSA) is 22.1 Å². The molecule has 0 unspecified atom stereocenters. The Bertz CT molecular complexity index is 428. The summed E-state index contributed by atoms with van der Waals surface area (Å²) in [6.07, 6.45) is 1.64. The van der Waals surface area contributed by atoms with Gasteiger partial charge in [-0.05, 0) is 12.1 Å². The largest absolute Gasteiger partial charge is 0.496 e. The summed E-state index contributed by atoms with van der Waals surface area (Å²) in [5.74, 6) is 0.208. The molecule has 0 N–H and O–H groups in total. The van der Waals surface area contributed by atoms with Crippen LogP contribution in [0.4, 0.5) is 4.39 Å². The fourth-order valence-electron chi connectivity index (χ4n) is 1.23. The first-order chi connectivity index (χ1) is 6.83. The van der Waals surface area contributed by atoms with Crippen molar-refractivity contribution in [3.63, 3.8) is 0 Å². The van der Waals surface area contributed by atoms with E-state index in [0.29, 0.717) is 16.3 Å². The molecule has 0 fully saturated rings. The highest BCUT2D eigenvalue weighted by molar-refractivity contribution is 7.13. The normalized spacial score (nSPS) is 10.1. The Hall–Kier alpha value is -1.42. The van der Waals surface area contributed by atoms with Gasteiger partial charge in [0.15, 0.2) is 0 Å². The van der Waals surface area contributed by atoms with E-state index >= 15 is 0 Å². The molecule has 0 aliphatic carbocycles. The van der Waals surface area contributed by atoms with Crippen molar-refractivity contribution in [2.24, 2.45) is 0 Å². The number of halogens is 1. The van der Waals surface area contributed by atoms with Gasteiger partial charge in [0, 0.05) is 11.6 Å². The standard InChI is InChI=1S/C10H8FNOS/c1-13-8-4-2-3-7(11)9(8)10-12-5-6-14-10/h2-6H,1H3. The minimum Gasteiger partial charge on any atom is -0.496 e. The van der Waals surface area contributed by atoms with Gasteiger partial charge < -0.3 is 4.74 Å². The zero-order valence-corrected chi connectivity index (χ0v) is 8.34. The van der Waals surface area contributed by atoms with Crippen molar-refractivity contribution in [2.75, 3.05) is 7.11 Å². The van der Waals surface area contributed by atoms with Gasteiger partial charge in [-0.1, -0.05) is 6.07 Å². The molecule has 2 aromatic rings. The molecule has 0 saturated carbocycles. The molecule has 0 radical (unpaired) electrons. The number of methoxy groups -OCH3 is 1. The average molecular weight is 209 g/mol. The number of nitrogens with zero attached hydrogens (tertiary/aromatic N) is 1. The molecule has 2 nitrogen and oxygen atoms in total. The highest BCUT2D eigenvalue weighted by Crippen LogP contribution is 2.33. The number of hydrogen-bond acceptors (Lipinski definition) is 3. The molecule has 0 spiro atoms. The summed E-state index contributed by atoms with van der Waals surface area (Å²) in [5.41, 5.74) is 0.435. The number of rotatable bonds is 2. The van der Waals surface area contributed by atoms with Crippen molar-refractivity contribution < 1.29 is 9.13 Å². The Kier molecular flexibility index (Phi) is 2.45. The van der Waals surface area contributed by atoms with E-state index in [1.54, 1.807) is 23.7 Å². The molecule has 4 heteroatoms. The summed E-state index contributed by atoms with van der Waals surface area (Å²) in [5, 5.41) is 2.45. The van der Waals surface area contributed by atoms with Gasteiger partial charge in [0.2, 0.25) is 0 Å². The van der Waals surface area contributed by atoms with E-state index < -0.39 is 0 Å². The van der Waals surface area contributed by atoms with Gasteiger partial charge in [0.05, 0.1) is 12.7 Å². The molecule has 1 heterocycles. The van der Waals surface area contributed by atoms with E-state index in [2.05, 4.69) is 4.98 Å². The zero-order valence-electron chi connectivity index (χ0n) is 7.53. The molecule has 0 atom stereocenters. The number of aromatic nitrogens is 1. The lowest BCUT2D eigenvalue weighted by Gasteiger charge is -2.05. The van der Waals surface area contributed by atoms with E-state index in [0.717, 1.165) is 0 Å². The van der Waals surface area contributed by atoms with Crippen LogP contribution in [0.15, 0.2) is 29.8 Å². The third-order valence-corrected chi connectivity index (χ3v) is 2.63. The highest BCUT2D eigenvalue weighted by atomic mass is 32.1. The molecule has 1 aromatic carbocycles. The molecule has 0 bridgehead atoms. The summed E-state index contributed by atoms with van der Waals surface area (Å²) < 4.78 is 18.6. The summed E-state index contributed by atoms with van der Waals surface area (Å²) in [6.45, 7) is 0. The Balaban J connectivity index is 2.61. The zero-order chi connectivity index (χ0) is 9.97. The maximum absolute atomic E-state index is 13.5. The minimum atomic E-state index is -0.306. The van der Waals surface area contributed by atoms with Crippen LogP contribution in [0.2, 0.25) is 0 Å².